The molecule has 0 aliphatic carbocycles. The normalized spacial score (nSPS) is 10.1. The van der Waals surface area contributed by atoms with E-state index >= 15 is 0 Å². The lowest BCUT2D eigenvalue weighted by Crippen LogP contribution is -2.03. The number of carbonyl (C=O) groups is 1. The summed E-state index contributed by atoms with van der Waals surface area (Å²) in [6.07, 6.45) is 4.23. The van der Waals surface area contributed by atoms with Crippen LogP contribution in [0.5, 0.6) is 0 Å². The molecule has 0 amide bonds. The number of carbonyl (C=O) groups excluding carboxylic acids is 1. The minimum absolute atomic E-state index is 0.242. The molecule has 0 aliphatic rings. The average molecular weight is 253 g/mol. The first kappa shape index (κ1) is 11.0. The Morgan fingerprint density at radius 3 is 2.50 bits per heavy atom. The summed E-state index contributed by atoms with van der Waals surface area (Å²) in [5, 5.41) is 0.599. The van der Waals surface area contributed by atoms with Gasteiger partial charge in [0.25, 0.3) is 0 Å². The first-order chi connectivity index (χ1) is 7.70. The Balaban J connectivity index is 2.46. The minimum Gasteiger partial charge on any atom is -0.288 e. The molecule has 0 atom stereocenters. The van der Waals surface area contributed by atoms with Crippen LogP contribution < -0.4 is 0 Å². The van der Waals surface area contributed by atoms with Crippen molar-refractivity contribution in [2.24, 2.45) is 0 Å². The lowest BCUT2D eigenvalue weighted by molar-refractivity contribution is 0.103. The van der Waals surface area contributed by atoms with E-state index in [-0.39, 0.29) is 10.8 Å². The highest BCUT2D eigenvalue weighted by Gasteiger charge is 2.14. The molecule has 0 N–H and O–H groups in total. The summed E-state index contributed by atoms with van der Waals surface area (Å²) in [5.74, 6) is -0.242. The third-order valence-electron chi connectivity index (χ3n) is 2.02. The van der Waals surface area contributed by atoms with E-state index in [0.717, 1.165) is 0 Å². The number of halogens is 2. The van der Waals surface area contributed by atoms with Crippen molar-refractivity contribution in [3.63, 3.8) is 0 Å². The van der Waals surface area contributed by atoms with Gasteiger partial charge < -0.3 is 0 Å². The molecule has 0 unspecified atom stereocenters. The molecule has 2 aromatic rings. The van der Waals surface area contributed by atoms with Crippen molar-refractivity contribution in [3.05, 3.63) is 58.1 Å². The van der Waals surface area contributed by atoms with Gasteiger partial charge in [0.15, 0.2) is 5.78 Å². The van der Waals surface area contributed by atoms with E-state index in [4.69, 9.17) is 23.2 Å². The number of ketones is 1. The van der Waals surface area contributed by atoms with Crippen LogP contribution in [0.3, 0.4) is 0 Å². The van der Waals surface area contributed by atoms with E-state index in [9.17, 15) is 4.79 Å². The van der Waals surface area contributed by atoms with Gasteiger partial charge in [0.1, 0.15) is 6.33 Å². The topological polar surface area (TPSA) is 42.9 Å². The summed E-state index contributed by atoms with van der Waals surface area (Å²) in [6.45, 7) is 0. The van der Waals surface area contributed by atoms with Gasteiger partial charge in [-0.25, -0.2) is 9.97 Å². The minimum atomic E-state index is -0.242. The zero-order valence-corrected chi connectivity index (χ0v) is 9.53. The van der Waals surface area contributed by atoms with Gasteiger partial charge in [-0.2, -0.15) is 0 Å². The monoisotopic (exact) mass is 252 g/mol. The maximum absolute atomic E-state index is 12.0. The van der Waals surface area contributed by atoms with Crippen molar-refractivity contribution in [1.29, 1.82) is 0 Å². The second-order valence-electron chi connectivity index (χ2n) is 3.06. The van der Waals surface area contributed by atoms with Crippen LogP contribution in [0, 0.1) is 0 Å². The molecule has 5 heteroatoms. The molecule has 1 heterocycles. The molecule has 1 aromatic heterocycles. The van der Waals surface area contributed by atoms with Crippen LogP contribution >= 0.6 is 23.2 Å². The summed E-state index contributed by atoms with van der Waals surface area (Å²) in [7, 11) is 0. The van der Waals surface area contributed by atoms with Crippen molar-refractivity contribution in [2.45, 2.75) is 0 Å². The molecule has 0 bridgehead atoms. The predicted octanol–water partition coefficient (Wildman–Crippen LogP) is 3.01. The molecule has 2 rings (SSSR count). The van der Waals surface area contributed by atoms with Gasteiger partial charge in [0, 0.05) is 18.0 Å². The van der Waals surface area contributed by atoms with Crippen molar-refractivity contribution < 1.29 is 4.79 Å². The zero-order chi connectivity index (χ0) is 11.5. The molecule has 3 nitrogen and oxygen atoms in total. The summed E-state index contributed by atoms with van der Waals surface area (Å²) in [5.41, 5.74) is 0.732. The standard InChI is InChI=1S/C11H6Cl2N2O/c12-9-3-1-2-8(10(9)13)11(16)7-4-14-6-15-5-7/h1-6H. The zero-order valence-electron chi connectivity index (χ0n) is 8.02. The molecule has 16 heavy (non-hydrogen) atoms. The highest BCUT2D eigenvalue weighted by molar-refractivity contribution is 6.44. The smallest absolute Gasteiger partial charge is 0.197 e. The summed E-state index contributed by atoms with van der Waals surface area (Å²) < 4.78 is 0. The van der Waals surface area contributed by atoms with E-state index in [1.54, 1.807) is 18.2 Å². The maximum Gasteiger partial charge on any atom is 0.197 e. The Morgan fingerprint density at radius 2 is 1.81 bits per heavy atom. The van der Waals surface area contributed by atoms with Gasteiger partial charge in [-0.3, -0.25) is 4.79 Å². The fourth-order valence-electron chi connectivity index (χ4n) is 1.25. The first-order valence-corrected chi connectivity index (χ1v) is 5.19. The third-order valence-corrected chi connectivity index (χ3v) is 2.84. The van der Waals surface area contributed by atoms with E-state index in [2.05, 4.69) is 9.97 Å². The number of rotatable bonds is 2. The SMILES string of the molecule is O=C(c1cncnc1)c1cccc(Cl)c1Cl. The maximum atomic E-state index is 12.0. The van der Waals surface area contributed by atoms with Gasteiger partial charge >= 0.3 is 0 Å². The summed E-state index contributed by atoms with van der Waals surface area (Å²) >= 11 is 11.8. The first-order valence-electron chi connectivity index (χ1n) is 4.44. The Morgan fingerprint density at radius 1 is 1.12 bits per heavy atom. The van der Waals surface area contributed by atoms with Gasteiger partial charge in [0.2, 0.25) is 0 Å². The van der Waals surface area contributed by atoms with Gasteiger partial charge in [0.05, 0.1) is 15.6 Å². The van der Waals surface area contributed by atoms with Crippen LogP contribution in [0.25, 0.3) is 0 Å². The Labute approximate surface area is 102 Å². The fourth-order valence-corrected chi connectivity index (χ4v) is 1.64. The fraction of sp³-hybridized carbons (Fsp3) is 0. The number of aromatic nitrogens is 2. The molecule has 1 aromatic carbocycles. The van der Waals surface area contributed by atoms with Crippen molar-refractivity contribution >= 4 is 29.0 Å². The molecule has 0 radical (unpaired) electrons. The quantitative estimate of drug-likeness (QED) is 0.772. The lowest BCUT2D eigenvalue weighted by Gasteiger charge is -2.03. The Hall–Kier alpha value is -1.45. The highest BCUT2D eigenvalue weighted by atomic mass is 35.5. The Kier molecular flexibility index (Phi) is 3.17. The molecular weight excluding hydrogens is 247 g/mol. The second kappa shape index (κ2) is 4.60. The molecule has 0 fully saturated rings. The molecule has 0 aliphatic heterocycles. The average Bonchev–Trinajstić information content (AvgIpc) is 2.33. The van der Waals surface area contributed by atoms with Crippen LogP contribution in [0.4, 0.5) is 0 Å². The van der Waals surface area contributed by atoms with Crippen LogP contribution in [0.15, 0.2) is 36.9 Å². The van der Waals surface area contributed by atoms with E-state index < -0.39 is 0 Å². The van der Waals surface area contributed by atoms with Gasteiger partial charge in [-0.15, -0.1) is 0 Å². The van der Waals surface area contributed by atoms with Crippen molar-refractivity contribution in [1.82, 2.24) is 9.97 Å². The Bertz CT molecular complexity index is 529. The summed E-state index contributed by atoms with van der Waals surface area (Å²) in [6, 6.07) is 4.91. The number of benzene rings is 1. The largest absolute Gasteiger partial charge is 0.288 e. The number of hydrogen-bond donors (Lipinski definition) is 0. The number of nitrogens with zero attached hydrogens (tertiary/aromatic N) is 2. The van der Waals surface area contributed by atoms with E-state index in [0.29, 0.717) is 16.1 Å². The second-order valence-corrected chi connectivity index (χ2v) is 3.84. The molecular formula is C11H6Cl2N2O. The number of hydrogen-bond acceptors (Lipinski definition) is 3. The van der Waals surface area contributed by atoms with Gasteiger partial charge in [-0.1, -0.05) is 29.3 Å². The summed E-state index contributed by atoms with van der Waals surface area (Å²) in [4.78, 5) is 19.5. The van der Waals surface area contributed by atoms with E-state index in [1.165, 1.54) is 18.7 Å². The van der Waals surface area contributed by atoms with Crippen molar-refractivity contribution in [2.75, 3.05) is 0 Å². The van der Waals surface area contributed by atoms with Crippen molar-refractivity contribution in [3.8, 4) is 0 Å². The lowest BCUT2D eigenvalue weighted by atomic mass is 10.1. The van der Waals surface area contributed by atoms with Crippen LogP contribution in [0.2, 0.25) is 10.0 Å². The van der Waals surface area contributed by atoms with E-state index in [1.807, 2.05) is 0 Å². The highest BCUT2D eigenvalue weighted by Crippen LogP contribution is 2.26. The molecule has 0 saturated heterocycles. The predicted molar refractivity (Wildman–Crippen MR) is 61.9 cm³/mol. The van der Waals surface area contributed by atoms with Crippen LogP contribution in [0.1, 0.15) is 15.9 Å². The van der Waals surface area contributed by atoms with Crippen LogP contribution in [-0.2, 0) is 0 Å². The third kappa shape index (κ3) is 2.05. The molecule has 0 saturated carbocycles. The van der Waals surface area contributed by atoms with Gasteiger partial charge in [-0.05, 0) is 12.1 Å². The molecule has 80 valence electrons. The van der Waals surface area contributed by atoms with Crippen LogP contribution in [-0.4, -0.2) is 15.8 Å². The molecule has 0 spiro atoms.